The van der Waals surface area contributed by atoms with Crippen LogP contribution in [-0.2, 0) is 0 Å². The monoisotopic (exact) mass is 279 g/mol. The molecule has 0 saturated heterocycles. The summed E-state index contributed by atoms with van der Waals surface area (Å²) >= 11 is 5.97. The van der Waals surface area contributed by atoms with Gasteiger partial charge in [0.15, 0.2) is 0 Å². The SMILES string of the molecule is COc1cnccc1C(O)c1cc(Cl)ccc1OC. The molecule has 100 valence electrons. The first-order valence-corrected chi connectivity index (χ1v) is 6.04. The summed E-state index contributed by atoms with van der Waals surface area (Å²) in [6, 6.07) is 6.80. The summed E-state index contributed by atoms with van der Waals surface area (Å²) in [7, 11) is 3.08. The molecule has 0 bridgehead atoms. The van der Waals surface area contributed by atoms with E-state index in [2.05, 4.69) is 4.98 Å². The molecule has 0 spiro atoms. The van der Waals surface area contributed by atoms with Crippen molar-refractivity contribution in [3.63, 3.8) is 0 Å². The number of ether oxygens (including phenoxy) is 2. The van der Waals surface area contributed by atoms with Crippen molar-refractivity contribution in [2.45, 2.75) is 6.10 Å². The van der Waals surface area contributed by atoms with E-state index in [0.717, 1.165) is 0 Å². The summed E-state index contributed by atoms with van der Waals surface area (Å²) in [6.45, 7) is 0. The van der Waals surface area contributed by atoms with Gasteiger partial charge in [-0.05, 0) is 24.3 Å². The maximum absolute atomic E-state index is 10.5. The van der Waals surface area contributed by atoms with Crippen LogP contribution in [0.4, 0.5) is 0 Å². The van der Waals surface area contributed by atoms with Crippen LogP contribution >= 0.6 is 11.6 Å². The molecule has 1 unspecified atom stereocenters. The zero-order valence-electron chi connectivity index (χ0n) is 10.6. The number of methoxy groups -OCH3 is 2. The molecule has 1 heterocycles. The van der Waals surface area contributed by atoms with Crippen molar-refractivity contribution >= 4 is 11.6 Å². The van der Waals surface area contributed by atoms with E-state index in [0.29, 0.717) is 27.6 Å². The van der Waals surface area contributed by atoms with Crippen molar-refractivity contribution in [2.75, 3.05) is 14.2 Å². The fraction of sp³-hybridized carbons (Fsp3) is 0.214. The van der Waals surface area contributed by atoms with Crippen LogP contribution in [0.5, 0.6) is 11.5 Å². The highest BCUT2D eigenvalue weighted by Crippen LogP contribution is 2.35. The Morgan fingerprint density at radius 2 is 1.84 bits per heavy atom. The van der Waals surface area contributed by atoms with E-state index >= 15 is 0 Å². The quantitative estimate of drug-likeness (QED) is 0.935. The first-order valence-electron chi connectivity index (χ1n) is 5.66. The van der Waals surface area contributed by atoms with Gasteiger partial charge in [-0.2, -0.15) is 0 Å². The van der Waals surface area contributed by atoms with Crippen LogP contribution in [0.1, 0.15) is 17.2 Å². The molecule has 2 aromatic rings. The lowest BCUT2D eigenvalue weighted by Crippen LogP contribution is -2.05. The molecule has 0 aliphatic carbocycles. The molecule has 0 aliphatic heterocycles. The Kier molecular flexibility index (Phi) is 4.24. The molecular weight excluding hydrogens is 266 g/mol. The van der Waals surface area contributed by atoms with Gasteiger partial charge < -0.3 is 14.6 Å². The fourth-order valence-corrected chi connectivity index (χ4v) is 2.05. The predicted molar refractivity (Wildman–Crippen MR) is 72.9 cm³/mol. The van der Waals surface area contributed by atoms with Gasteiger partial charge in [-0.1, -0.05) is 11.6 Å². The first-order chi connectivity index (χ1) is 9.17. The van der Waals surface area contributed by atoms with Gasteiger partial charge >= 0.3 is 0 Å². The Hall–Kier alpha value is -1.78. The van der Waals surface area contributed by atoms with Gasteiger partial charge in [0.05, 0.1) is 20.4 Å². The average molecular weight is 280 g/mol. The van der Waals surface area contributed by atoms with E-state index in [4.69, 9.17) is 21.1 Å². The van der Waals surface area contributed by atoms with E-state index in [1.165, 1.54) is 7.11 Å². The maximum Gasteiger partial charge on any atom is 0.143 e. The highest BCUT2D eigenvalue weighted by molar-refractivity contribution is 6.30. The zero-order chi connectivity index (χ0) is 13.8. The van der Waals surface area contributed by atoms with Crippen LogP contribution in [0.3, 0.4) is 0 Å². The van der Waals surface area contributed by atoms with Crippen molar-refractivity contribution in [1.82, 2.24) is 4.98 Å². The number of aliphatic hydroxyl groups excluding tert-OH is 1. The molecule has 1 aromatic heterocycles. The Bertz CT molecular complexity index is 574. The number of benzene rings is 1. The van der Waals surface area contributed by atoms with Gasteiger partial charge in [-0.3, -0.25) is 4.98 Å². The van der Waals surface area contributed by atoms with Crippen molar-refractivity contribution in [1.29, 1.82) is 0 Å². The van der Waals surface area contributed by atoms with E-state index in [1.807, 2.05) is 0 Å². The van der Waals surface area contributed by atoms with E-state index in [1.54, 1.807) is 43.8 Å². The van der Waals surface area contributed by atoms with E-state index < -0.39 is 6.10 Å². The van der Waals surface area contributed by atoms with Crippen molar-refractivity contribution < 1.29 is 14.6 Å². The molecule has 0 saturated carbocycles. The topological polar surface area (TPSA) is 51.6 Å². The average Bonchev–Trinajstić information content (AvgIpc) is 2.46. The van der Waals surface area contributed by atoms with E-state index in [-0.39, 0.29) is 0 Å². The molecule has 1 N–H and O–H groups in total. The molecule has 19 heavy (non-hydrogen) atoms. The molecule has 0 amide bonds. The van der Waals surface area contributed by atoms with Crippen LogP contribution in [-0.4, -0.2) is 24.3 Å². The summed E-state index contributed by atoms with van der Waals surface area (Å²) < 4.78 is 10.4. The minimum absolute atomic E-state index is 0.511. The number of aliphatic hydroxyl groups is 1. The molecule has 0 aliphatic rings. The lowest BCUT2D eigenvalue weighted by atomic mass is 10.0. The highest BCUT2D eigenvalue weighted by Gasteiger charge is 2.19. The maximum atomic E-state index is 10.5. The second kappa shape index (κ2) is 5.91. The van der Waals surface area contributed by atoms with Gasteiger partial charge in [-0.15, -0.1) is 0 Å². The third-order valence-electron chi connectivity index (χ3n) is 2.82. The number of pyridine rings is 1. The standard InChI is InChI=1S/C14H14ClNO3/c1-18-12-4-3-9(15)7-11(12)14(17)10-5-6-16-8-13(10)19-2/h3-8,14,17H,1-2H3. The molecule has 5 heteroatoms. The molecular formula is C14H14ClNO3. The van der Waals surface area contributed by atoms with Gasteiger partial charge in [0.2, 0.25) is 0 Å². The number of nitrogens with zero attached hydrogens (tertiary/aromatic N) is 1. The third kappa shape index (κ3) is 2.80. The number of aromatic nitrogens is 1. The van der Waals surface area contributed by atoms with Crippen molar-refractivity contribution in [2.24, 2.45) is 0 Å². The summed E-state index contributed by atoms with van der Waals surface area (Å²) in [5, 5.41) is 11.0. The third-order valence-corrected chi connectivity index (χ3v) is 3.05. The van der Waals surface area contributed by atoms with Gasteiger partial charge in [-0.25, -0.2) is 0 Å². The summed E-state index contributed by atoms with van der Waals surface area (Å²) in [4.78, 5) is 3.96. The summed E-state index contributed by atoms with van der Waals surface area (Å²) in [5.74, 6) is 1.08. The van der Waals surface area contributed by atoms with Crippen molar-refractivity contribution in [3.8, 4) is 11.5 Å². The van der Waals surface area contributed by atoms with Crippen LogP contribution in [0.25, 0.3) is 0 Å². The summed E-state index contributed by atoms with van der Waals surface area (Å²) in [5.41, 5.74) is 1.19. The molecule has 1 atom stereocenters. The molecule has 1 aromatic carbocycles. The number of hydrogen-bond donors (Lipinski definition) is 1. The Labute approximate surface area is 116 Å². The summed E-state index contributed by atoms with van der Waals surface area (Å²) in [6.07, 6.45) is 2.25. The van der Waals surface area contributed by atoms with Crippen molar-refractivity contribution in [3.05, 3.63) is 52.8 Å². The second-order valence-corrected chi connectivity index (χ2v) is 4.34. The second-order valence-electron chi connectivity index (χ2n) is 3.91. The molecule has 2 rings (SSSR count). The number of hydrogen-bond acceptors (Lipinski definition) is 4. The van der Waals surface area contributed by atoms with Gasteiger partial charge in [0.1, 0.15) is 17.6 Å². The van der Waals surface area contributed by atoms with Gasteiger partial charge in [0, 0.05) is 22.3 Å². The highest BCUT2D eigenvalue weighted by atomic mass is 35.5. The van der Waals surface area contributed by atoms with Crippen LogP contribution in [0.15, 0.2) is 36.7 Å². The minimum atomic E-state index is -0.897. The van der Waals surface area contributed by atoms with Crippen LogP contribution in [0.2, 0.25) is 5.02 Å². The van der Waals surface area contributed by atoms with Crippen LogP contribution < -0.4 is 9.47 Å². The Morgan fingerprint density at radius 1 is 1.11 bits per heavy atom. The van der Waals surface area contributed by atoms with E-state index in [9.17, 15) is 5.11 Å². The Morgan fingerprint density at radius 3 is 2.53 bits per heavy atom. The molecule has 4 nitrogen and oxygen atoms in total. The number of rotatable bonds is 4. The largest absolute Gasteiger partial charge is 0.496 e. The smallest absolute Gasteiger partial charge is 0.143 e. The zero-order valence-corrected chi connectivity index (χ0v) is 11.4. The lowest BCUT2D eigenvalue weighted by Gasteiger charge is -2.17. The minimum Gasteiger partial charge on any atom is -0.496 e. The van der Waals surface area contributed by atoms with Crippen LogP contribution in [0, 0.1) is 0 Å². The lowest BCUT2D eigenvalue weighted by molar-refractivity contribution is 0.209. The predicted octanol–water partition coefficient (Wildman–Crippen LogP) is 2.83. The van der Waals surface area contributed by atoms with Gasteiger partial charge in [0.25, 0.3) is 0 Å². The first kappa shape index (κ1) is 13.6. The Balaban J connectivity index is 2.49. The number of halogens is 1. The fourth-order valence-electron chi connectivity index (χ4n) is 1.87. The molecule has 0 fully saturated rings. The molecule has 0 radical (unpaired) electrons. The normalized spacial score (nSPS) is 12.0.